The summed E-state index contributed by atoms with van der Waals surface area (Å²) >= 11 is 7.26. The van der Waals surface area contributed by atoms with E-state index in [0.717, 1.165) is 4.88 Å². The van der Waals surface area contributed by atoms with E-state index in [4.69, 9.17) is 26.4 Å². The van der Waals surface area contributed by atoms with Crippen LogP contribution in [0.25, 0.3) is 21.1 Å². The average molecular weight is 435 g/mol. The normalized spacial score (nSPS) is 11.2. The van der Waals surface area contributed by atoms with Crippen molar-refractivity contribution in [3.05, 3.63) is 56.4 Å². The first-order valence-corrected chi connectivity index (χ1v) is 9.47. The molecule has 0 saturated carbocycles. The molecule has 0 aromatic carbocycles. The van der Waals surface area contributed by atoms with Gasteiger partial charge in [-0.2, -0.15) is 0 Å². The monoisotopic (exact) mass is 434 g/mol. The van der Waals surface area contributed by atoms with Crippen molar-refractivity contribution >= 4 is 34.8 Å². The number of thiophene rings is 1. The van der Waals surface area contributed by atoms with Gasteiger partial charge in [-0.25, -0.2) is 9.78 Å². The largest absolute Gasteiger partial charge is 0.455 e. The van der Waals surface area contributed by atoms with Crippen LogP contribution in [0.1, 0.15) is 47.6 Å². The molecule has 0 atom stereocenters. The molecular weight excluding hydrogens is 420 g/mol. The van der Waals surface area contributed by atoms with Crippen LogP contribution in [0.4, 0.5) is 0 Å². The Bertz CT molecular complexity index is 1120. The minimum atomic E-state index is -0.934. The van der Waals surface area contributed by atoms with Crippen molar-refractivity contribution in [3.63, 3.8) is 0 Å². The Morgan fingerprint density at radius 3 is 2.79 bits per heavy atom. The molecule has 0 unspecified atom stereocenters. The first kappa shape index (κ1) is 20.6. The molecular formula is C17H15ClN6O4S. The number of azide groups is 1. The summed E-state index contributed by atoms with van der Waals surface area (Å²) in [7, 11) is 0. The lowest BCUT2D eigenvalue weighted by Crippen LogP contribution is -2.26. The fourth-order valence-electron chi connectivity index (χ4n) is 2.40. The minimum absolute atomic E-state index is 0.0140. The lowest BCUT2D eigenvalue weighted by molar-refractivity contribution is 0.00580. The van der Waals surface area contributed by atoms with Crippen LogP contribution in [0.5, 0.6) is 0 Å². The first-order valence-electron chi connectivity index (χ1n) is 8.27. The molecule has 3 aromatic heterocycles. The molecule has 3 rings (SSSR count). The van der Waals surface area contributed by atoms with E-state index in [0.29, 0.717) is 15.8 Å². The van der Waals surface area contributed by atoms with Gasteiger partial charge >= 0.3 is 5.97 Å². The molecule has 0 fully saturated rings. The zero-order valence-corrected chi connectivity index (χ0v) is 17.2. The van der Waals surface area contributed by atoms with Crippen LogP contribution in [0.3, 0.4) is 0 Å². The number of carbonyl (C=O) groups excluding carboxylic acids is 2. The maximum atomic E-state index is 12.5. The van der Waals surface area contributed by atoms with E-state index >= 15 is 0 Å². The van der Waals surface area contributed by atoms with Gasteiger partial charge in [0, 0.05) is 11.0 Å². The number of aromatic nitrogens is 3. The third kappa shape index (κ3) is 4.83. The van der Waals surface area contributed by atoms with Gasteiger partial charge in [-0.15, -0.1) is 11.3 Å². The highest BCUT2D eigenvalue weighted by molar-refractivity contribution is 7.19. The standard InChI is InChI=1S/C17H15ClN6O4S/c1-17(2,3)27-16(26)10-7-20-14(15(25)21-23-19)24(10)8-9-6-11(28-22-9)12-4-5-13(18)29-12/h4-7H,8H2,1-3H3. The minimum Gasteiger partial charge on any atom is -0.455 e. The van der Waals surface area contributed by atoms with Crippen LogP contribution < -0.4 is 0 Å². The van der Waals surface area contributed by atoms with E-state index in [1.54, 1.807) is 39.0 Å². The predicted molar refractivity (Wildman–Crippen MR) is 105 cm³/mol. The highest BCUT2D eigenvalue weighted by Crippen LogP contribution is 2.31. The number of nitrogens with zero attached hydrogens (tertiary/aromatic N) is 6. The molecule has 0 saturated heterocycles. The summed E-state index contributed by atoms with van der Waals surface area (Å²) in [5, 5.41) is 7.02. The van der Waals surface area contributed by atoms with Gasteiger partial charge in [-0.05, 0) is 43.5 Å². The molecule has 10 nitrogen and oxygen atoms in total. The fraction of sp³-hybridized carbons (Fsp3) is 0.294. The van der Waals surface area contributed by atoms with Gasteiger partial charge in [-0.3, -0.25) is 4.79 Å². The van der Waals surface area contributed by atoms with Gasteiger partial charge in [0.05, 0.1) is 22.0 Å². The zero-order valence-electron chi connectivity index (χ0n) is 15.6. The van der Waals surface area contributed by atoms with E-state index in [2.05, 4.69) is 20.2 Å². The molecule has 0 spiro atoms. The number of imidazole rings is 1. The zero-order chi connectivity index (χ0) is 21.2. The van der Waals surface area contributed by atoms with Crippen molar-refractivity contribution < 1.29 is 18.8 Å². The number of esters is 1. The lowest BCUT2D eigenvalue weighted by Gasteiger charge is -2.19. The molecule has 3 aromatic rings. The second-order valence-corrected chi connectivity index (χ2v) is 8.55. The van der Waals surface area contributed by atoms with Gasteiger partial charge in [0.1, 0.15) is 17.0 Å². The SMILES string of the molecule is CC(C)(C)OC(=O)c1cnc(C(=O)N=[N+]=[N-])n1Cc1cc(-c2ccc(Cl)s2)on1. The van der Waals surface area contributed by atoms with E-state index in [1.807, 2.05) is 0 Å². The number of hydrogen-bond donors (Lipinski definition) is 0. The summed E-state index contributed by atoms with van der Waals surface area (Å²) in [5.41, 5.74) is 8.23. The van der Waals surface area contributed by atoms with Crippen molar-refractivity contribution in [1.82, 2.24) is 14.7 Å². The van der Waals surface area contributed by atoms with Crippen molar-refractivity contribution in [3.8, 4) is 10.6 Å². The highest BCUT2D eigenvalue weighted by Gasteiger charge is 2.26. The number of amides is 1. The Morgan fingerprint density at radius 2 is 2.17 bits per heavy atom. The Kier molecular flexibility index (Phi) is 5.73. The molecule has 150 valence electrons. The molecule has 0 aliphatic rings. The summed E-state index contributed by atoms with van der Waals surface area (Å²) < 4.78 is 12.6. The first-order chi connectivity index (χ1) is 13.7. The van der Waals surface area contributed by atoms with Gasteiger partial charge in [0.15, 0.2) is 11.6 Å². The Labute approximate surface area is 173 Å². The van der Waals surface area contributed by atoms with E-state index in [9.17, 15) is 9.59 Å². The molecule has 29 heavy (non-hydrogen) atoms. The van der Waals surface area contributed by atoms with Crippen molar-refractivity contribution in [2.75, 3.05) is 0 Å². The van der Waals surface area contributed by atoms with E-state index < -0.39 is 17.5 Å². The summed E-state index contributed by atoms with van der Waals surface area (Å²) in [4.78, 5) is 31.8. The second kappa shape index (κ2) is 8.08. The lowest BCUT2D eigenvalue weighted by atomic mass is 10.2. The Balaban J connectivity index is 1.96. The number of rotatable bonds is 5. The van der Waals surface area contributed by atoms with E-state index in [-0.39, 0.29) is 18.1 Å². The van der Waals surface area contributed by atoms with Gasteiger partial charge in [0.2, 0.25) is 0 Å². The molecule has 0 aliphatic heterocycles. The molecule has 0 N–H and O–H groups in total. The van der Waals surface area contributed by atoms with Crippen molar-refractivity contribution in [1.29, 1.82) is 0 Å². The number of hydrogen-bond acceptors (Lipinski definition) is 7. The van der Waals surface area contributed by atoms with Gasteiger partial charge < -0.3 is 13.8 Å². The highest BCUT2D eigenvalue weighted by atomic mass is 35.5. The maximum Gasteiger partial charge on any atom is 0.357 e. The van der Waals surface area contributed by atoms with Crippen LogP contribution in [0.2, 0.25) is 4.34 Å². The summed E-state index contributed by atoms with van der Waals surface area (Å²) in [5.74, 6) is -1.35. The van der Waals surface area contributed by atoms with Crippen molar-refractivity contribution in [2.24, 2.45) is 5.11 Å². The van der Waals surface area contributed by atoms with Gasteiger partial charge in [0.25, 0.3) is 5.91 Å². The van der Waals surface area contributed by atoms with Crippen LogP contribution in [-0.2, 0) is 11.3 Å². The molecule has 0 aliphatic carbocycles. The summed E-state index contributed by atoms with van der Waals surface area (Å²) in [6.07, 6.45) is 1.19. The summed E-state index contributed by atoms with van der Waals surface area (Å²) in [6.45, 7) is 5.12. The molecule has 12 heteroatoms. The molecule has 0 radical (unpaired) electrons. The predicted octanol–water partition coefficient (Wildman–Crippen LogP) is 4.71. The third-order valence-electron chi connectivity index (χ3n) is 3.49. The second-order valence-electron chi connectivity index (χ2n) is 6.84. The summed E-state index contributed by atoms with van der Waals surface area (Å²) in [6, 6.07) is 5.18. The Morgan fingerprint density at radius 1 is 1.41 bits per heavy atom. The Hall–Kier alpha value is -3.14. The van der Waals surface area contributed by atoms with Gasteiger partial charge in [-0.1, -0.05) is 16.8 Å². The topological polar surface area (TPSA) is 136 Å². The number of halogens is 1. The molecule has 1 amide bonds. The number of carbonyl (C=O) groups is 2. The van der Waals surface area contributed by atoms with E-state index in [1.165, 1.54) is 22.1 Å². The maximum absolute atomic E-state index is 12.5. The van der Waals surface area contributed by atoms with Crippen LogP contribution in [0.15, 0.2) is 34.0 Å². The van der Waals surface area contributed by atoms with Crippen LogP contribution in [-0.4, -0.2) is 32.2 Å². The molecule has 0 bridgehead atoms. The third-order valence-corrected chi connectivity index (χ3v) is 4.73. The quantitative estimate of drug-likeness (QED) is 0.247. The number of ether oxygens (including phenoxy) is 1. The van der Waals surface area contributed by atoms with Crippen LogP contribution in [0, 0.1) is 0 Å². The van der Waals surface area contributed by atoms with Crippen molar-refractivity contribution in [2.45, 2.75) is 32.9 Å². The molecule has 3 heterocycles. The average Bonchev–Trinajstić information content (AvgIpc) is 3.33. The smallest absolute Gasteiger partial charge is 0.357 e. The van der Waals surface area contributed by atoms with Crippen LogP contribution >= 0.6 is 22.9 Å². The fourth-order valence-corrected chi connectivity index (χ4v) is 3.39.